The van der Waals surface area contributed by atoms with E-state index in [0.717, 1.165) is 29.9 Å². The highest BCUT2D eigenvalue weighted by Gasteiger charge is 1.99. The molecule has 3 nitrogen and oxygen atoms in total. The molecular formula is C8H18O3Si. The molecular weight excluding hydrogens is 172 g/mol. The summed E-state index contributed by atoms with van der Waals surface area (Å²) >= 11 is 0. The molecule has 0 aromatic heterocycles. The third kappa shape index (κ3) is 6.54. The molecule has 0 amide bonds. The van der Waals surface area contributed by atoms with E-state index in [1.165, 1.54) is 0 Å². The average Bonchev–Trinajstić information content (AvgIpc) is 2.11. The summed E-state index contributed by atoms with van der Waals surface area (Å²) in [5.74, 6) is 0. The number of hydrogen-bond acceptors (Lipinski definition) is 3. The molecule has 0 unspecified atom stereocenters. The Morgan fingerprint density at radius 2 is 1.92 bits per heavy atom. The molecule has 0 N–H and O–H groups in total. The minimum atomic E-state index is -0.113. The highest BCUT2D eigenvalue weighted by atomic mass is 28.2. The van der Waals surface area contributed by atoms with Gasteiger partial charge in [0.2, 0.25) is 0 Å². The summed E-state index contributed by atoms with van der Waals surface area (Å²) in [4.78, 5) is 0. The molecule has 0 saturated carbocycles. The van der Waals surface area contributed by atoms with Crippen LogP contribution in [-0.4, -0.2) is 37.6 Å². The molecule has 0 aliphatic rings. The van der Waals surface area contributed by atoms with E-state index in [2.05, 4.69) is 12.2 Å². The fraction of sp³-hybridized carbons (Fsp3) is 0.750. The van der Waals surface area contributed by atoms with Crippen molar-refractivity contribution in [3.63, 3.8) is 0 Å². The summed E-state index contributed by atoms with van der Waals surface area (Å²) in [7, 11) is 4.11. The van der Waals surface area contributed by atoms with E-state index < -0.39 is 0 Å². The highest BCUT2D eigenvalue weighted by Crippen LogP contribution is 1.99. The number of methoxy groups -OCH3 is 2. The Balaban J connectivity index is 3.31. The van der Waals surface area contributed by atoms with Crippen molar-refractivity contribution < 1.29 is 13.9 Å². The van der Waals surface area contributed by atoms with Crippen molar-refractivity contribution in [3.8, 4) is 0 Å². The SMILES string of the molecule is COC(CC=CCCO[SiH3])OC. The first-order valence-electron chi connectivity index (χ1n) is 4.04. The average molecular weight is 190 g/mol. The predicted molar refractivity (Wildman–Crippen MR) is 52.1 cm³/mol. The molecule has 0 atom stereocenters. The third-order valence-corrected chi connectivity index (χ3v) is 1.92. The zero-order chi connectivity index (χ0) is 9.23. The Morgan fingerprint density at radius 1 is 1.25 bits per heavy atom. The molecule has 0 fully saturated rings. The molecule has 0 aliphatic heterocycles. The van der Waals surface area contributed by atoms with E-state index in [0.29, 0.717) is 0 Å². The van der Waals surface area contributed by atoms with Crippen LogP contribution in [-0.2, 0) is 13.9 Å². The van der Waals surface area contributed by atoms with Crippen LogP contribution in [0.25, 0.3) is 0 Å². The maximum Gasteiger partial charge on any atom is 0.160 e. The first kappa shape index (κ1) is 11.8. The van der Waals surface area contributed by atoms with Gasteiger partial charge in [0.15, 0.2) is 6.29 Å². The molecule has 0 rings (SSSR count). The van der Waals surface area contributed by atoms with Crippen LogP contribution < -0.4 is 0 Å². The maximum absolute atomic E-state index is 5.03. The largest absolute Gasteiger partial charge is 0.428 e. The molecule has 0 saturated heterocycles. The summed E-state index contributed by atoms with van der Waals surface area (Å²) in [6, 6.07) is 0. The Morgan fingerprint density at radius 3 is 2.42 bits per heavy atom. The quantitative estimate of drug-likeness (QED) is 0.249. The van der Waals surface area contributed by atoms with Crippen LogP contribution in [0, 0.1) is 0 Å². The topological polar surface area (TPSA) is 27.7 Å². The van der Waals surface area contributed by atoms with Crippen LogP contribution in [0.2, 0.25) is 0 Å². The molecule has 0 spiro atoms. The summed E-state index contributed by atoms with van der Waals surface area (Å²) in [6.07, 6.45) is 5.80. The van der Waals surface area contributed by atoms with Gasteiger partial charge in [-0.2, -0.15) is 0 Å². The summed E-state index contributed by atoms with van der Waals surface area (Å²) in [5, 5.41) is 0. The minimum absolute atomic E-state index is 0.113. The smallest absolute Gasteiger partial charge is 0.160 e. The van der Waals surface area contributed by atoms with Crippen molar-refractivity contribution in [3.05, 3.63) is 12.2 Å². The molecule has 0 aromatic rings. The van der Waals surface area contributed by atoms with Gasteiger partial charge >= 0.3 is 0 Å². The van der Waals surface area contributed by atoms with Gasteiger partial charge in [-0.3, -0.25) is 0 Å². The Kier molecular flexibility index (Phi) is 8.81. The standard InChI is InChI=1S/C8H18O3Si/c1-9-8(10-2)6-4-3-5-7-11-12/h3-4,8H,5-7H2,1-2,12H3. The van der Waals surface area contributed by atoms with Gasteiger partial charge in [-0.1, -0.05) is 12.2 Å². The Bertz CT molecular complexity index is 113. The van der Waals surface area contributed by atoms with Crippen molar-refractivity contribution in [2.45, 2.75) is 19.1 Å². The van der Waals surface area contributed by atoms with Crippen LogP contribution in [0.4, 0.5) is 0 Å². The van der Waals surface area contributed by atoms with Crippen molar-refractivity contribution in [1.82, 2.24) is 0 Å². The zero-order valence-electron chi connectivity index (χ0n) is 8.08. The third-order valence-electron chi connectivity index (χ3n) is 1.51. The molecule has 0 aromatic carbocycles. The maximum atomic E-state index is 5.03. The molecule has 0 bridgehead atoms. The lowest BCUT2D eigenvalue weighted by atomic mass is 10.3. The van der Waals surface area contributed by atoms with Crippen LogP contribution >= 0.6 is 0 Å². The molecule has 0 aliphatic carbocycles. The minimum Gasteiger partial charge on any atom is -0.428 e. The fourth-order valence-corrected chi connectivity index (χ4v) is 1.04. The van der Waals surface area contributed by atoms with Gasteiger partial charge < -0.3 is 13.9 Å². The van der Waals surface area contributed by atoms with Crippen molar-refractivity contribution in [1.29, 1.82) is 0 Å². The van der Waals surface area contributed by atoms with Gasteiger partial charge in [-0.25, -0.2) is 0 Å². The summed E-state index contributed by atoms with van der Waals surface area (Å²) < 4.78 is 15.0. The lowest BCUT2D eigenvalue weighted by Crippen LogP contribution is -2.10. The number of ether oxygens (including phenoxy) is 2. The molecule has 4 heteroatoms. The van der Waals surface area contributed by atoms with E-state index >= 15 is 0 Å². The first-order valence-corrected chi connectivity index (χ1v) is 4.86. The van der Waals surface area contributed by atoms with Crippen molar-refractivity contribution >= 4 is 10.5 Å². The van der Waals surface area contributed by atoms with Gasteiger partial charge in [0.05, 0.1) is 0 Å². The second kappa shape index (κ2) is 8.93. The molecule has 72 valence electrons. The predicted octanol–water partition coefficient (Wildman–Crippen LogP) is 0.239. The summed E-state index contributed by atoms with van der Waals surface area (Å²) in [5.41, 5.74) is 0. The lowest BCUT2D eigenvalue weighted by Gasteiger charge is -2.09. The van der Waals surface area contributed by atoms with Crippen LogP contribution in [0.15, 0.2) is 12.2 Å². The Hall–Kier alpha value is -0.163. The van der Waals surface area contributed by atoms with E-state index in [1.54, 1.807) is 14.2 Å². The fourth-order valence-electron chi connectivity index (χ4n) is 0.800. The number of hydrogen-bond donors (Lipinski definition) is 0. The monoisotopic (exact) mass is 190 g/mol. The van der Waals surface area contributed by atoms with Crippen molar-refractivity contribution in [2.24, 2.45) is 0 Å². The molecule has 12 heavy (non-hydrogen) atoms. The van der Waals surface area contributed by atoms with Gasteiger partial charge in [-0.15, -0.1) is 0 Å². The van der Waals surface area contributed by atoms with E-state index in [-0.39, 0.29) is 6.29 Å². The number of rotatable bonds is 7. The van der Waals surface area contributed by atoms with Crippen molar-refractivity contribution in [2.75, 3.05) is 20.8 Å². The molecule has 0 heterocycles. The highest BCUT2D eigenvalue weighted by molar-refractivity contribution is 5.97. The van der Waals surface area contributed by atoms with E-state index in [9.17, 15) is 0 Å². The molecule has 0 radical (unpaired) electrons. The zero-order valence-corrected chi connectivity index (χ0v) is 10.1. The van der Waals surface area contributed by atoms with Gasteiger partial charge in [-0.05, 0) is 6.42 Å². The second-order valence-electron chi connectivity index (χ2n) is 2.39. The van der Waals surface area contributed by atoms with Crippen LogP contribution in [0.1, 0.15) is 12.8 Å². The van der Waals surface area contributed by atoms with Gasteiger partial charge in [0, 0.05) is 27.2 Å². The lowest BCUT2D eigenvalue weighted by molar-refractivity contribution is -0.0986. The van der Waals surface area contributed by atoms with Gasteiger partial charge in [0.1, 0.15) is 10.5 Å². The van der Waals surface area contributed by atoms with E-state index in [1.807, 2.05) is 0 Å². The first-order chi connectivity index (χ1) is 5.85. The normalized spacial score (nSPS) is 11.9. The van der Waals surface area contributed by atoms with Gasteiger partial charge in [0.25, 0.3) is 0 Å². The Labute approximate surface area is 77.2 Å². The summed E-state index contributed by atoms with van der Waals surface area (Å²) in [6.45, 7) is 0.827. The van der Waals surface area contributed by atoms with Crippen LogP contribution in [0.3, 0.4) is 0 Å². The second-order valence-corrected chi connectivity index (χ2v) is 2.97. The van der Waals surface area contributed by atoms with E-state index in [4.69, 9.17) is 13.9 Å². The van der Waals surface area contributed by atoms with Crippen LogP contribution in [0.5, 0.6) is 0 Å².